The van der Waals surface area contributed by atoms with Crippen molar-refractivity contribution in [3.05, 3.63) is 65.2 Å². The van der Waals surface area contributed by atoms with Crippen molar-refractivity contribution in [2.24, 2.45) is 0 Å². The first kappa shape index (κ1) is 21.1. The molecule has 0 unspecified atom stereocenters. The molecule has 160 valence electrons. The molecule has 0 bridgehead atoms. The largest absolute Gasteiger partial charge is 0.302 e. The first-order chi connectivity index (χ1) is 14.1. The summed E-state index contributed by atoms with van der Waals surface area (Å²) in [5.41, 5.74) is 4.20. The molecule has 0 spiro atoms. The van der Waals surface area contributed by atoms with Crippen LogP contribution in [0.1, 0.15) is 82.7 Å². The van der Waals surface area contributed by atoms with Crippen LogP contribution in [0.15, 0.2) is 48.5 Å². The molecule has 30 heavy (non-hydrogen) atoms. The molecular weight excluding hydrogens is 372 g/mol. The second kappa shape index (κ2) is 7.51. The molecule has 0 aromatic heterocycles. The SMILES string of the molecule is CC(=O)N1c2ccccc2[C@@H](ON2C(C)(C)CCCC2(C)C)[C@@H]1c1ccc(C)cc1. The molecule has 0 radical (unpaired) electrons. The third-order valence-electron chi connectivity index (χ3n) is 6.72. The average molecular weight is 407 g/mol. The highest BCUT2D eigenvalue weighted by molar-refractivity contribution is 5.95. The van der Waals surface area contributed by atoms with Crippen molar-refractivity contribution in [3.8, 4) is 0 Å². The summed E-state index contributed by atoms with van der Waals surface area (Å²) in [6.45, 7) is 12.8. The van der Waals surface area contributed by atoms with Crippen LogP contribution in [0, 0.1) is 6.92 Å². The maximum atomic E-state index is 12.8. The van der Waals surface area contributed by atoms with Crippen molar-refractivity contribution in [1.82, 2.24) is 5.06 Å². The number of para-hydroxylation sites is 1. The van der Waals surface area contributed by atoms with Crippen molar-refractivity contribution in [1.29, 1.82) is 0 Å². The Bertz CT molecular complexity index is 916. The Labute approximate surface area is 180 Å². The topological polar surface area (TPSA) is 32.8 Å². The molecule has 0 N–H and O–H groups in total. The van der Waals surface area contributed by atoms with Crippen LogP contribution in [-0.2, 0) is 9.63 Å². The van der Waals surface area contributed by atoms with Crippen molar-refractivity contribution in [2.75, 3.05) is 4.90 Å². The standard InChI is InChI=1S/C26H34N2O2/c1-18-12-14-20(15-13-18)23-24(21-10-7-8-11-22(21)27(23)19(2)29)30-28-25(3,4)16-9-17-26(28,5)6/h7-8,10-15,23-24H,9,16-17H2,1-6H3/t23-,24+/m0/s1. The van der Waals surface area contributed by atoms with Gasteiger partial charge in [0.05, 0.1) is 11.7 Å². The van der Waals surface area contributed by atoms with Crippen LogP contribution < -0.4 is 4.90 Å². The van der Waals surface area contributed by atoms with Gasteiger partial charge in [-0.15, -0.1) is 0 Å². The number of aryl methyl sites for hydroxylation is 1. The van der Waals surface area contributed by atoms with E-state index in [0.717, 1.165) is 29.7 Å². The molecule has 0 aliphatic carbocycles. The number of hydrogen-bond acceptors (Lipinski definition) is 3. The lowest BCUT2D eigenvalue weighted by atomic mass is 9.82. The fourth-order valence-electron chi connectivity index (χ4n) is 5.35. The highest BCUT2D eigenvalue weighted by Gasteiger charge is 2.49. The third-order valence-corrected chi connectivity index (χ3v) is 6.72. The Kier molecular flexibility index (Phi) is 5.27. The summed E-state index contributed by atoms with van der Waals surface area (Å²) in [4.78, 5) is 21.6. The van der Waals surface area contributed by atoms with Gasteiger partial charge in [0.2, 0.25) is 5.91 Å². The monoisotopic (exact) mass is 406 g/mol. The van der Waals surface area contributed by atoms with Gasteiger partial charge in [0.25, 0.3) is 0 Å². The van der Waals surface area contributed by atoms with E-state index < -0.39 is 0 Å². The minimum Gasteiger partial charge on any atom is -0.302 e. The molecule has 2 atom stereocenters. The number of benzene rings is 2. The number of piperidine rings is 1. The van der Waals surface area contributed by atoms with Crippen LogP contribution in [-0.4, -0.2) is 22.0 Å². The van der Waals surface area contributed by atoms with Crippen LogP contribution in [0.3, 0.4) is 0 Å². The van der Waals surface area contributed by atoms with Crippen molar-refractivity contribution >= 4 is 11.6 Å². The lowest BCUT2D eigenvalue weighted by Crippen LogP contribution is -2.58. The number of hydroxylamine groups is 2. The number of fused-ring (bicyclic) bond motifs is 1. The summed E-state index contributed by atoms with van der Waals surface area (Å²) in [6.07, 6.45) is 3.14. The maximum absolute atomic E-state index is 12.8. The van der Waals surface area contributed by atoms with Gasteiger partial charge in [0.15, 0.2) is 0 Å². The predicted octanol–water partition coefficient (Wildman–Crippen LogP) is 6.12. The van der Waals surface area contributed by atoms with Gasteiger partial charge < -0.3 is 4.90 Å². The third kappa shape index (κ3) is 3.57. The van der Waals surface area contributed by atoms with E-state index in [1.807, 2.05) is 23.1 Å². The highest BCUT2D eigenvalue weighted by atomic mass is 16.7. The van der Waals surface area contributed by atoms with Crippen LogP contribution in [0.4, 0.5) is 5.69 Å². The number of carbonyl (C=O) groups is 1. The lowest BCUT2D eigenvalue weighted by molar-refractivity contribution is -0.309. The van der Waals surface area contributed by atoms with Gasteiger partial charge in [-0.2, -0.15) is 5.06 Å². The highest BCUT2D eigenvalue weighted by Crippen LogP contribution is 2.52. The van der Waals surface area contributed by atoms with Gasteiger partial charge >= 0.3 is 0 Å². The summed E-state index contributed by atoms with van der Waals surface area (Å²) < 4.78 is 0. The van der Waals surface area contributed by atoms with Gasteiger partial charge in [-0.3, -0.25) is 9.63 Å². The summed E-state index contributed by atoms with van der Waals surface area (Å²) in [6, 6.07) is 16.5. The average Bonchev–Trinajstić information content (AvgIpc) is 2.99. The van der Waals surface area contributed by atoms with E-state index in [9.17, 15) is 4.79 Å². The summed E-state index contributed by atoms with van der Waals surface area (Å²) >= 11 is 0. The Morgan fingerprint density at radius 3 is 2.17 bits per heavy atom. The molecule has 2 aromatic rings. The van der Waals surface area contributed by atoms with Crippen LogP contribution >= 0.6 is 0 Å². The van der Waals surface area contributed by atoms with E-state index in [2.05, 4.69) is 70.0 Å². The number of nitrogens with zero attached hydrogens (tertiary/aromatic N) is 2. The zero-order valence-electron chi connectivity index (χ0n) is 19.1. The second-order valence-electron chi connectivity index (χ2n) is 10.1. The lowest BCUT2D eigenvalue weighted by Gasteiger charge is -2.52. The fraction of sp³-hybridized carbons (Fsp3) is 0.500. The molecule has 4 heteroatoms. The van der Waals surface area contributed by atoms with Crippen molar-refractivity contribution in [2.45, 2.75) is 84.0 Å². The molecule has 2 aliphatic heterocycles. The molecule has 4 nitrogen and oxygen atoms in total. The molecule has 1 saturated heterocycles. The summed E-state index contributed by atoms with van der Waals surface area (Å²) in [7, 11) is 0. The number of rotatable bonds is 3. The zero-order valence-corrected chi connectivity index (χ0v) is 19.1. The zero-order chi connectivity index (χ0) is 21.7. The van der Waals surface area contributed by atoms with E-state index in [4.69, 9.17) is 4.84 Å². The Hall–Kier alpha value is -2.17. The molecule has 2 heterocycles. The molecule has 1 amide bonds. The normalized spacial score (nSPS) is 25.2. The molecule has 1 fully saturated rings. The Balaban J connectivity index is 1.82. The maximum Gasteiger partial charge on any atom is 0.224 e. The quantitative estimate of drug-likeness (QED) is 0.616. The van der Waals surface area contributed by atoms with Crippen LogP contribution in [0.25, 0.3) is 0 Å². The van der Waals surface area contributed by atoms with E-state index in [1.165, 1.54) is 12.0 Å². The van der Waals surface area contributed by atoms with Crippen LogP contribution in [0.2, 0.25) is 0 Å². The summed E-state index contributed by atoms with van der Waals surface area (Å²) in [5.74, 6) is 0.0382. The molecular formula is C26H34N2O2. The molecule has 0 saturated carbocycles. The molecule has 2 aromatic carbocycles. The minimum atomic E-state index is -0.246. The van der Waals surface area contributed by atoms with E-state index in [-0.39, 0.29) is 29.1 Å². The Morgan fingerprint density at radius 2 is 1.57 bits per heavy atom. The minimum absolute atomic E-state index is 0.0382. The predicted molar refractivity (Wildman–Crippen MR) is 121 cm³/mol. The Morgan fingerprint density at radius 1 is 0.967 bits per heavy atom. The van der Waals surface area contributed by atoms with Crippen molar-refractivity contribution < 1.29 is 9.63 Å². The van der Waals surface area contributed by atoms with Gasteiger partial charge in [-0.1, -0.05) is 48.0 Å². The van der Waals surface area contributed by atoms with Crippen molar-refractivity contribution in [3.63, 3.8) is 0 Å². The van der Waals surface area contributed by atoms with E-state index in [1.54, 1.807) is 6.92 Å². The number of carbonyl (C=O) groups excluding carboxylic acids is 1. The molecule has 2 aliphatic rings. The van der Waals surface area contributed by atoms with E-state index >= 15 is 0 Å². The number of amides is 1. The van der Waals surface area contributed by atoms with Gasteiger partial charge in [-0.25, -0.2) is 0 Å². The van der Waals surface area contributed by atoms with E-state index in [0.29, 0.717) is 0 Å². The number of hydrogen-bond donors (Lipinski definition) is 0. The first-order valence-electron chi connectivity index (χ1n) is 11.0. The first-order valence-corrected chi connectivity index (χ1v) is 11.0. The fourth-order valence-corrected chi connectivity index (χ4v) is 5.35. The smallest absolute Gasteiger partial charge is 0.224 e. The summed E-state index contributed by atoms with van der Waals surface area (Å²) in [5, 5.41) is 2.22. The van der Waals surface area contributed by atoms with Gasteiger partial charge in [0.1, 0.15) is 6.10 Å². The van der Waals surface area contributed by atoms with Crippen LogP contribution in [0.5, 0.6) is 0 Å². The molecule has 4 rings (SSSR count). The number of anilines is 1. The van der Waals surface area contributed by atoms with Gasteiger partial charge in [-0.05, 0) is 65.5 Å². The second-order valence-corrected chi connectivity index (χ2v) is 10.1. The van der Waals surface area contributed by atoms with Gasteiger partial charge in [0, 0.05) is 23.6 Å².